The molecule has 3 heteroatoms. The first-order chi connectivity index (χ1) is 9.76. The minimum Gasteiger partial charge on any atom is -0.377 e. The number of allylic oxidation sites excluding steroid dienone is 1. The number of ketones is 1. The van der Waals surface area contributed by atoms with Crippen molar-refractivity contribution in [3.63, 3.8) is 0 Å². The summed E-state index contributed by atoms with van der Waals surface area (Å²) in [5, 5.41) is 0. The SMILES string of the molecule is [C-]#[N+]/C(=C\c1c(C)c(C)c(N(C)C)c(C)c1C)C(=O)CC. The molecule has 0 heterocycles. The largest absolute Gasteiger partial charge is 0.377 e. The average molecular weight is 284 g/mol. The maximum Gasteiger partial charge on any atom is 0.229 e. The number of carbonyl (C=O) groups excluding carboxylic acids is 1. The fraction of sp³-hybridized carbons (Fsp3) is 0.444. The summed E-state index contributed by atoms with van der Waals surface area (Å²) >= 11 is 0. The first kappa shape index (κ1) is 17.0. The van der Waals surface area contributed by atoms with Crippen molar-refractivity contribution >= 4 is 17.5 Å². The van der Waals surface area contributed by atoms with Crippen LogP contribution in [0.3, 0.4) is 0 Å². The molecule has 3 nitrogen and oxygen atoms in total. The lowest BCUT2D eigenvalue weighted by Gasteiger charge is -2.24. The Morgan fingerprint density at radius 1 is 1.10 bits per heavy atom. The highest BCUT2D eigenvalue weighted by Gasteiger charge is 2.16. The predicted molar refractivity (Wildman–Crippen MR) is 89.6 cm³/mol. The molecule has 112 valence electrons. The van der Waals surface area contributed by atoms with Gasteiger partial charge in [0, 0.05) is 19.8 Å². The third kappa shape index (κ3) is 3.16. The molecular formula is C18H24N2O. The van der Waals surface area contributed by atoms with Gasteiger partial charge in [-0.1, -0.05) is 6.92 Å². The molecular weight excluding hydrogens is 260 g/mol. The van der Waals surface area contributed by atoms with Gasteiger partial charge in [0.15, 0.2) is 5.78 Å². The number of anilines is 1. The Kier molecular flexibility index (Phi) is 5.32. The van der Waals surface area contributed by atoms with Crippen LogP contribution in [0.25, 0.3) is 10.9 Å². The van der Waals surface area contributed by atoms with Gasteiger partial charge in [-0.3, -0.25) is 0 Å². The van der Waals surface area contributed by atoms with E-state index in [9.17, 15) is 4.79 Å². The molecule has 0 aromatic heterocycles. The van der Waals surface area contributed by atoms with Gasteiger partial charge in [-0.2, -0.15) is 0 Å². The van der Waals surface area contributed by atoms with Gasteiger partial charge in [0.2, 0.25) is 5.70 Å². The molecule has 1 rings (SSSR count). The van der Waals surface area contributed by atoms with Gasteiger partial charge in [-0.15, -0.1) is 0 Å². The van der Waals surface area contributed by atoms with Crippen LogP contribution < -0.4 is 4.90 Å². The van der Waals surface area contributed by atoms with Crippen LogP contribution in [0.5, 0.6) is 0 Å². The van der Waals surface area contributed by atoms with Crippen LogP contribution in [0.4, 0.5) is 5.69 Å². The Balaban J connectivity index is 3.65. The minimum atomic E-state index is -0.101. The van der Waals surface area contributed by atoms with E-state index in [1.54, 1.807) is 13.0 Å². The molecule has 21 heavy (non-hydrogen) atoms. The lowest BCUT2D eigenvalue weighted by molar-refractivity contribution is -0.114. The molecule has 0 saturated carbocycles. The van der Waals surface area contributed by atoms with Crippen LogP contribution in [0, 0.1) is 34.3 Å². The normalized spacial score (nSPS) is 11.2. The smallest absolute Gasteiger partial charge is 0.229 e. The van der Waals surface area contributed by atoms with E-state index >= 15 is 0 Å². The predicted octanol–water partition coefficient (Wildman–Crippen LogP) is 4.23. The molecule has 0 fully saturated rings. The minimum absolute atomic E-state index is 0.101. The summed E-state index contributed by atoms with van der Waals surface area (Å²) in [5.74, 6) is -0.101. The number of hydrogen-bond donors (Lipinski definition) is 0. The van der Waals surface area contributed by atoms with Crippen LogP contribution in [0.2, 0.25) is 0 Å². The Bertz CT molecular complexity index is 617. The second-order valence-electron chi connectivity index (χ2n) is 5.57. The standard InChI is InChI=1S/C18H24N2O/c1-9-17(21)16(19-6)10-15-11(2)13(4)18(20(7)8)14(5)12(15)3/h10H,9H2,1-5,7-8H3/b16-10-. The van der Waals surface area contributed by atoms with Crippen LogP contribution in [-0.2, 0) is 4.79 Å². The highest BCUT2D eigenvalue weighted by molar-refractivity contribution is 6.01. The van der Waals surface area contributed by atoms with Crippen molar-refractivity contribution in [1.82, 2.24) is 0 Å². The lowest BCUT2D eigenvalue weighted by Crippen LogP contribution is -2.14. The number of hydrogen-bond acceptors (Lipinski definition) is 2. The summed E-state index contributed by atoms with van der Waals surface area (Å²) in [6.07, 6.45) is 2.11. The van der Waals surface area contributed by atoms with Crippen molar-refractivity contribution in [3.05, 3.63) is 44.9 Å². The number of rotatable bonds is 4. The summed E-state index contributed by atoms with van der Waals surface area (Å²) in [6, 6.07) is 0. The van der Waals surface area contributed by atoms with Crippen molar-refractivity contribution in [2.75, 3.05) is 19.0 Å². The third-order valence-corrected chi connectivity index (χ3v) is 4.10. The van der Waals surface area contributed by atoms with Crippen LogP contribution in [-0.4, -0.2) is 19.9 Å². The van der Waals surface area contributed by atoms with E-state index in [4.69, 9.17) is 6.57 Å². The van der Waals surface area contributed by atoms with E-state index in [2.05, 4.69) is 37.4 Å². The van der Waals surface area contributed by atoms with Crippen LogP contribution in [0.1, 0.15) is 41.2 Å². The molecule has 0 spiro atoms. The van der Waals surface area contributed by atoms with E-state index in [0.29, 0.717) is 6.42 Å². The van der Waals surface area contributed by atoms with Crippen molar-refractivity contribution in [3.8, 4) is 0 Å². The molecule has 0 radical (unpaired) electrons. The van der Waals surface area contributed by atoms with Crippen LogP contribution in [0.15, 0.2) is 5.70 Å². The second-order valence-corrected chi connectivity index (χ2v) is 5.57. The molecule has 0 amide bonds. The average Bonchev–Trinajstić information content (AvgIpc) is 2.44. The van der Waals surface area contributed by atoms with Gasteiger partial charge in [0.1, 0.15) is 0 Å². The zero-order valence-corrected chi connectivity index (χ0v) is 14.1. The summed E-state index contributed by atoms with van der Waals surface area (Å²) < 4.78 is 0. The number of benzene rings is 1. The van der Waals surface area contributed by atoms with Crippen molar-refractivity contribution in [2.45, 2.75) is 41.0 Å². The Morgan fingerprint density at radius 2 is 1.57 bits per heavy atom. The van der Waals surface area contributed by atoms with Gasteiger partial charge in [-0.05, 0) is 68.0 Å². The molecule has 0 N–H and O–H groups in total. The Hall–Kier alpha value is -2.08. The first-order valence-corrected chi connectivity index (χ1v) is 7.16. The molecule has 0 aliphatic carbocycles. The summed E-state index contributed by atoms with van der Waals surface area (Å²) in [5.41, 5.74) is 7.10. The fourth-order valence-corrected chi connectivity index (χ4v) is 2.70. The van der Waals surface area contributed by atoms with E-state index in [1.165, 1.54) is 16.8 Å². The molecule has 0 aliphatic rings. The van der Waals surface area contributed by atoms with Crippen molar-refractivity contribution in [1.29, 1.82) is 0 Å². The molecule has 0 unspecified atom stereocenters. The third-order valence-electron chi connectivity index (χ3n) is 4.10. The van der Waals surface area contributed by atoms with Gasteiger partial charge < -0.3 is 9.69 Å². The molecule has 1 aromatic carbocycles. The highest BCUT2D eigenvalue weighted by Crippen LogP contribution is 2.33. The molecule has 0 atom stereocenters. The van der Waals surface area contributed by atoms with Gasteiger partial charge >= 0.3 is 0 Å². The van der Waals surface area contributed by atoms with E-state index in [-0.39, 0.29) is 11.5 Å². The zero-order valence-electron chi connectivity index (χ0n) is 14.1. The van der Waals surface area contributed by atoms with E-state index in [0.717, 1.165) is 16.7 Å². The molecule has 0 saturated heterocycles. The van der Waals surface area contributed by atoms with Crippen molar-refractivity contribution in [2.24, 2.45) is 0 Å². The topological polar surface area (TPSA) is 24.7 Å². The Labute approximate surface area is 128 Å². The molecule has 0 aliphatic heterocycles. The second kappa shape index (κ2) is 6.58. The lowest BCUT2D eigenvalue weighted by atomic mass is 9.90. The Morgan fingerprint density at radius 3 is 1.90 bits per heavy atom. The van der Waals surface area contributed by atoms with Crippen molar-refractivity contribution < 1.29 is 4.79 Å². The number of carbonyl (C=O) groups is 1. The summed E-state index contributed by atoms with van der Waals surface area (Å²) in [6.45, 7) is 17.3. The maximum absolute atomic E-state index is 11.8. The van der Waals surface area contributed by atoms with Crippen LogP contribution >= 0.6 is 0 Å². The number of Topliss-reactive ketones (excluding diaryl/α,β-unsaturated/α-hetero) is 1. The quantitative estimate of drug-likeness (QED) is 0.610. The summed E-state index contributed by atoms with van der Waals surface area (Å²) in [7, 11) is 4.07. The number of nitrogens with zero attached hydrogens (tertiary/aromatic N) is 2. The summed E-state index contributed by atoms with van der Waals surface area (Å²) in [4.78, 5) is 17.3. The molecule has 0 bridgehead atoms. The monoisotopic (exact) mass is 284 g/mol. The molecule has 1 aromatic rings. The highest BCUT2D eigenvalue weighted by atomic mass is 16.1. The van der Waals surface area contributed by atoms with Gasteiger partial charge in [0.05, 0.1) is 6.57 Å². The maximum atomic E-state index is 11.8. The van der Waals surface area contributed by atoms with E-state index < -0.39 is 0 Å². The van der Waals surface area contributed by atoms with Gasteiger partial charge in [0.25, 0.3) is 0 Å². The van der Waals surface area contributed by atoms with E-state index in [1.807, 2.05) is 14.1 Å². The zero-order chi connectivity index (χ0) is 16.3. The first-order valence-electron chi connectivity index (χ1n) is 7.16. The fourth-order valence-electron chi connectivity index (χ4n) is 2.70. The van der Waals surface area contributed by atoms with Gasteiger partial charge in [-0.25, -0.2) is 4.85 Å².